The molecule has 0 amide bonds. The van der Waals surface area contributed by atoms with Gasteiger partial charge in [0.2, 0.25) is 5.88 Å². The Bertz CT molecular complexity index is 1350. The van der Waals surface area contributed by atoms with Gasteiger partial charge in [-0.3, -0.25) is 9.69 Å². The number of rotatable bonds is 9. The van der Waals surface area contributed by atoms with Crippen molar-refractivity contribution in [3.8, 4) is 5.88 Å². The molecule has 36 heavy (non-hydrogen) atoms. The molecule has 0 aliphatic carbocycles. The highest BCUT2D eigenvalue weighted by atomic mass is 79.9. The fraction of sp³-hybridized carbons (Fsp3) is 0.214. The van der Waals surface area contributed by atoms with Crippen LogP contribution >= 0.6 is 15.9 Å². The molecular weight excluding hydrogens is 530 g/mol. The number of esters is 1. The lowest BCUT2D eigenvalue weighted by molar-refractivity contribution is -0.145. The SMILES string of the molecule is CCOC(=O)CN(Cc1cc(F)cc(F)c1)C(c1ccccc1)c1cc2cc(Br)ccc2nc1OC. The standard InChI is InChI=1S/C28H25BrF2N2O3/c1-3-36-26(34)17-33(16-18-11-22(30)15-23(31)12-18)27(19-7-5-4-6-8-19)24-14-20-13-21(29)9-10-25(20)32-28(24)35-2/h4-15,27H,3,16-17H2,1-2H3. The Balaban J connectivity index is 1.90. The zero-order chi connectivity index (χ0) is 25.7. The smallest absolute Gasteiger partial charge is 0.320 e. The Kier molecular flexibility index (Phi) is 8.28. The van der Waals surface area contributed by atoms with Crippen LogP contribution in [0.1, 0.15) is 29.7 Å². The van der Waals surface area contributed by atoms with Crippen molar-refractivity contribution in [3.05, 3.63) is 106 Å². The van der Waals surface area contributed by atoms with Gasteiger partial charge in [-0.25, -0.2) is 13.8 Å². The van der Waals surface area contributed by atoms with Crippen LogP contribution in [0.5, 0.6) is 5.88 Å². The second-order valence-electron chi connectivity index (χ2n) is 8.22. The van der Waals surface area contributed by atoms with Gasteiger partial charge in [-0.2, -0.15) is 0 Å². The second-order valence-corrected chi connectivity index (χ2v) is 9.14. The van der Waals surface area contributed by atoms with Gasteiger partial charge in [0.05, 0.1) is 31.8 Å². The largest absolute Gasteiger partial charge is 0.481 e. The van der Waals surface area contributed by atoms with Crippen LogP contribution in [0.4, 0.5) is 8.78 Å². The van der Waals surface area contributed by atoms with Crippen molar-refractivity contribution in [2.75, 3.05) is 20.3 Å². The van der Waals surface area contributed by atoms with E-state index in [4.69, 9.17) is 14.5 Å². The number of fused-ring (bicyclic) bond motifs is 1. The first-order valence-corrected chi connectivity index (χ1v) is 12.2. The third-order valence-electron chi connectivity index (χ3n) is 5.68. The van der Waals surface area contributed by atoms with E-state index in [-0.39, 0.29) is 19.7 Å². The van der Waals surface area contributed by atoms with Gasteiger partial charge in [-0.1, -0.05) is 46.3 Å². The maximum absolute atomic E-state index is 14.1. The van der Waals surface area contributed by atoms with Gasteiger partial charge in [0.15, 0.2) is 0 Å². The van der Waals surface area contributed by atoms with E-state index in [0.29, 0.717) is 17.0 Å². The molecule has 0 bridgehead atoms. The van der Waals surface area contributed by atoms with Gasteiger partial charge < -0.3 is 9.47 Å². The minimum absolute atomic E-state index is 0.0761. The number of hydrogen-bond acceptors (Lipinski definition) is 5. The van der Waals surface area contributed by atoms with Crippen LogP contribution in [-0.4, -0.2) is 36.1 Å². The van der Waals surface area contributed by atoms with Crippen molar-refractivity contribution < 1.29 is 23.0 Å². The van der Waals surface area contributed by atoms with Gasteiger partial charge in [0, 0.05) is 28.0 Å². The number of carbonyl (C=O) groups excluding carboxylic acids is 1. The fourth-order valence-corrected chi connectivity index (χ4v) is 4.65. The van der Waals surface area contributed by atoms with E-state index in [1.54, 1.807) is 6.92 Å². The predicted molar refractivity (Wildman–Crippen MR) is 138 cm³/mol. The molecule has 0 saturated carbocycles. The number of carbonyl (C=O) groups is 1. The molecule has 3 aromatic carbocycles. The topological polar surface area (TPSA) is 51.7 Å². The summed E-state index contributed by atoms with van der Waals surface area (Å²) >= 11 is 3.51. The molecule has 186 valence electrons. The van der Waals surface area contributed by atoms with Gasteiger partial charge in [-0.05, 0) is 54.4 Å². The molecule has 8 heteroatoms. The fourth-order valence-electron chi connectivity index (χ4n) is 4.28. The van der Waals surface area contributed by atoms with Gasteiger partial charge in [-0.15, -0.1) is 0 Å². The van der Waals surface area contributed by atoms with Crippen LogP contribution in [0.2, 0.25) is 0 Å². The zero-order valence-electron chi connectivity index (χ0n) is 19.9. The second kappa shape index (κ2) is 11.6. The van der Waals surface area contributed by atoms with Crippen molar-refractivity contribution in [2.24, 2.45) is 0 Å². The lowest BCUT2D eigenvalue weighted by Gasteiger charge is -2.32. The average molecular weight is 555 g/mol. The summed E-state index contributed by atoms with van der Waals surface area (Å²) in [5.74, 6) is -1.44. The molecule has 0 fully saturated rings. The van der Waals surface area contributed by atoms with Gasteiger partial charge in [0.1, 0.15) is 11.6 Å². The monoisotopic (exact) mass is 554 g/mol. The predicted octanol–water partition coefficient (Wildman–Crippen LogP) is 6.44. The van der Waals surface area contributed by atoms with E-state index >= 15 is 0 Å². The molecule has 1 heterocycles. The number of halogens is 3. The number of benzene rings is 3. The maximum atomic E-state index is 14.1. The molecule has 0 saturated heterocycles. The molecule has 1 atom stereocenters. The normalized spacial score (nSPS) is 12.1. The lowest BCUT2D eigenvalue weighted by atomic mass is 9.95. The van der Waals surface area contributed by atoms with Crippen molar-refractivity contribution in [2.45, 2.75) is 19.5 Å². The van der Waals surface area contributed by atoms with Crippen LogP contribution in [0.3, 0.4) is 0 Å². The van der Waals surface area contributed by atoms with Gasteiger partial charge >= 0.3 is 5.97 Å². The van der Waals surface area contributed by atoms with Gasteiger partial charge in [0.25, 0.3) is 0 Å². The summed E-state index contributed by atoms with van der Waals surface area (Å²) in [6.07, 6.45) is 0. The number of aromatic nitrogens is 1. The summed E-state index contributed by atoms with van der Waals surface area (Å²) in [6.45, 7) is 1.90. The molecular formula is C28H25BrF2N2O3. The minimum Gasteiger partial charge on any atom is -0.481 e. The van der Waals surface area contributed by atoms with Crippen molar-refractivity contribution in [3.63, 3.8) is 0 Å². The van der Waals surface area contributed by atoms with Crippen LogP contribution in [-0.2, 0) is 16.1 Å². The molecule has 1 unspecified atom stereocenters. The Hall–Kier alpha value is -3.36. The molecule has 0 N–H and O–H groups in total. The highest BCUT2D eigenvalue weighted by Gasteiger charge is 2.29. The summed E-state index contributed by atoms with van der Waals surface area (Å²) in [4.78, 5) is 19.2. The number of ether oxygens (including phenoxy) is 2. The molecule has 4 aromatic rings. The average Bonchev–Trinajstić information content (AvgIpc) is 2.84. The first-order valence-electron chi connectivity index (χ1n) is 11.4. The molecule has 1 aromatic heterocycles. The Labute approximate surface area is 216 Å². The Morgan fingerprint density at radius 3 is 2.42 bits per heavy atom. The quantitative estimate of drug-likeness (QED) is 0.223. The lowest BCUT2D eigenvalue weighted by Crippen LogP contribution is -2.35. The maximum Gasteiger partial charge on any atom is 0.320 e. The zero-order valence-corrected chi connectivity index (χ0v) is 21.5. The number of hydrogen-bond donors (Lipinski definition) is 0. The van der Waals surface area contributed by atoms with Crippen LogP contribution in [0.25, 0.3) is 10.9 Å². The molecule has 5 nitrogen and oxygen atoms in total. The molecule has 4 rings (SSSR count). The molecule has 0 spiro atoms. The van der Waals surface area contributed by atoms with E-state index in [1.165, 1.54) is 19.2 Å². The van der Waals surface area contributed by atoms with Crippen LogP contribution in [0.15, 0.2) is 77.3 Å². The number of pyridine rings is 1. The molecule has 0 aliphatic heterocycles. The van der Waals surface area contributed by atoms with Crippen LogP contribution < -0.4 is 4.74 Å². The minimum atomic E-state index is -0.688. The number of methoxy groups -OCH3 is 1. The summed E-state index contributed by atoms with van der Waals surface area (Å²) in [5.41, 5.74) is 2.69. The Morgan fingerprint density at radius 2 is 1.75 bits per heavy atom. The van der Waals surface area contributed by atoms with E-state index in [2.05, 4.69) is 15.9 Å². The van der Waals surface area contributed by atoms with Crippen molar-refractivity contribution >= 4 is 32.8 Å². The van der Waals surface area contributed by atoms with E-state index < -0.39 is 23.6 Å². The Morgan fingerprint density at radius 1 is 1.03 bits per heavy atom. The molecule has 0 radical (unpaired) electrons. The highest BCUT2D eigenvalue weighted by Crippen LogP contribution is 2.37. The first kappa shape index (κ1) is 25.7. The van der Waals surface area contributed by atoms with Crippen molar-refractivity contribution in [1.82, 2.24) is 9.88 Å². The van der Waals surface area contributed by atoms with E-state index in [1.807, 2.05) is 59.5 Å². The summed E-state index contributed by atoms with van der Waals surface area (Å²) in [6, 6.07) is 20.0. The summed E-state index contributed by atoms with van der Waals surface area (Å²) in [7, 11) is 1.54. The third-order valence-corrected chi connectivity index (χ3v) is 6.18. The summed E-state index contributed by atoms with van der Waals surface area (Å²) < 4.78 is 39.9. The molecule has 0 aliphatic rings. The van der Waals surface area contributed by atoms with Crippen molar-refractivity contribution in [1.29, 1.82) is 0 Å². The van der Waals surface area contributed by atoms with E-state index in [0.717, 1.165) is 27.0 Å². The van der Waals surface area contributed by atoms with E-state index in [9.17, 15) is 13.6 Å². The highest BCUT2D eigenvalue weighted by molar-refractivity contribution is 9.10. The summed E-state index contributed by atoms with van der Waals surface area (Å²) in [5, 5.41) is 0.869. The number of nitrogens with zero attached hydrogens (tertiary/aromatic N) is 2. The third kappa shape index (κ3) is 6.06. The first-order chi connectivity index (χ1) is 17.4. The van der Waals surface area contributed by atoms with Crippen LogP contribution in [0, 0.1) is 11.6 Å².